The zero-order valence-electron chi connectivity index (χ0n) is 4.66. The Morgan fingerprint density at radius 2 is 2.62 bits per heavy atom. The second-order valence-corrected chi connectivity index (χ2v) is 1.60. The average Bonchev–Trinajstić information content (AvgIpc) is 2.14. The molecule has 0 aliphatic carbocycles. The van der Waals surface area contributed by atoms with Gasteiger partial charge in [0.2, 0.25) is 0 Å². The van der Waals surface area contributed by atoms with Crippen LogP contribution in [0.5, 0.6) is 0 Å². The van der Waals surface area contributed by atoms with E-state index in [4.69, 9.17) is 0 Å². The molecular formula is C5H7N2O. The number of aromatic nitrogens is 2. The molecule has 0 atom stereocenters. The van der Waals surface area contributed by atoms with E-state index in [2.05, 4.69) is 4.98 Å². The molecule has 0 aliphatic rings. The summed E-state index contributed by atoms with van der Waals surface area (Å²) in [6.07, 6.45) is 3.38. The van der Waals surface area contributed by atoms with Crippen LogP contribution in [-0.2, 0) is 18.8 Å². The minimum absolute atomic E-state index is 0.233. The smallest absolute Gasteiger partial charge is 0.140 e. The van der Waals surface area contributed by atoms with Crippen molar-refractivity contribution >= 4 is 0 Å². The highest BCUT2D eigenvalue weighted by molar-refractivity contribution is 4.87. The van der Waals surface area contributed by atoms with E-state index in [0.29, 0.717) is 5.82 Å². The summed E-state index contributed by atoms with van der Waals surface area (Å²) in [5.41, 5.74) is 0. The van der Waals surface area contributed by atoms with Crippen molar-refractivity contribution in [3.63, 3.8) is 0 Å². The molecule has 0 unspecified atom stereocenters. The van der Waals surface area contributed by atoms with Crippen molar-refractivity contribution in [2.75, 3.05) is 0 Å². The monoisotopic (exact) mass is 111 g/mol. The fraction of sp³-hybridized carbons (Fsp3) is 0.400. The molecule has 43 valence electrons. The molecule has 0 bridgehead atoms. The van der Waals surface area contributed by atoms with Crippen molar-refractivity contribution in [1.82, 2.24) is 9.55 Å². The Morgan fingerprint density at radius 3 is 2.88 bits per heavy atom. The molecular weight excluding hydrogens is 104 g/mol. The Bertz CT molecular complexity index is 171. The van der Waals surface area contributed by atoms with Gasteiger partial charge in [-0.25, -0.2) is 10.1 Å². The first-order valence-electron chi connectivity index (χ1n) is 2.39. The predicted octanol–water partition coefficient (Wildman–Crippen LogP) is 0.351. The van der Waals surface area contributed by atoms with Crippen LogP contribution in [0.2, 0.25) is 0 Å². The minimum Gasteiger partial charge on any atom is -0.336 e. The minimum atomic E-state index is -0.233. The van der Waals surface area contributed by atoms with Crippen LogP contribution in [0, 0.1) is 0 Å². The zero-order valence-corrected chi connectivity index (χ0v) is 4.66. The number of hydrogen-bond donors (Lipinski definition) is 0. The van der Waals surface area contributed by atoms with E-state index in [9.17, 15) is 5.11 Å². The van der Waals surface area contributed by atoms with Crippen molar-refractivity contribution in [1.29, 1.82) is 0 Å². The molecule has 1 radical (unpaired) electrons. The van der Waals surface area contributed by atoms with Crippen molar-refractivity contribution < 1.29 is 5.11 Å². The summed E-state index contributed by atoms with van der Waals surface area (Å²) in [5.74, 6) is 0.588. The van der Waals surface area contributed by atoms with E-state index < -0.39 is 0 Å². The molecule has 3 heteroatoms. The highest BCUT2D eigenvalue weighted by Crippen LogP contribution is 1.91. The molecule has 8 heavy (non-hydrogen) atoms. The molecule has 0 saturated carbocycles. The lowest BCUT2D eigenvalue weighted by atomic mass is 10.6. The molecule has 0 amide bonds. The van der Waals surface area contributed by atoms with Crippen molar-refractivity contribution in [3.05, 3.63) is 18.2 Å². The van der Waals surface area contributed by atoms with Crippen molar-refractivity contribution in [3.8, 4) is 0 Å². The standard InChI is InChI=1S/C5H7N2O/c1-7-3-2-6-5(7)4-8/h2-3H,4H2,1H3. The highest BCUT2D eigenvalue weighted by Gasteiger charge is 1.93. The molecule has 1 aromatic heterocycles. The second kappa shape index (κ2) is 1.96. The fourth-order valence-electron chi connectivity index (χ4n) is 0.536. The number of hydrogen-bond acceptors (Lipinski definition) is 1. The third-order valence-corrected chi connectivity index (χ3v) is 1.05. The molecule has 1 heterocycles. The third-order valence-electron chi connectivity index (χ3n) is 1.05. The van der Waals surface area contributed by atoms with Gasteiger partial charge in [0.05, 0.1) is 0 Å². The van der Waals surface area contributed by atoms with Crippen LogP contribution in [0.4, 0.5) is 0 Å². The van der Waals surface area contributed by atoms with E-state index in [1.165, 1.54) is 0 Å². The van der Waals surface area contributed by atoms with Crippen LogP contribution in [0.3, 0.4) is 0 Å². The molecule has 1 rings (SSSR count). The predicted molar refractivity (Wildman–Crippen MR) is 27.6 cm³/mol. The molecule has 3 nitrogen and oxygen atoms in total. The number of imidazole rings is 1. The molecule has 0 fully saturated rings. The summed E-state index contributed by atoms with van der Waals surface area (Å²) in [6, 6.07) is 0. The fourth-order valence-corrected chi connectivity index (χ4v) is 0.536. The maximum absolute atomic E-state index is 10.1. The zero-order chi connectivity index (χ0) is 5.98. The first kappa shape index (κ1) is 5.31. The van der Waals surface area contributed by atoms with Gasteiger partial charge in [-0.05, 0) is 0 Å². The first-order chi connectivity index (χ1) is 3.84. The summed E-state index contributed by atoms with van der Waals surface area (Å²) in [6.45, 7) is -0.233. The first-order valence-corrected chi connectivity index (χ1v) is 2.39. The molecule has 1 aromatic rings. The van der Waals surface area contributed by atoms with Gasteiger partial charge in [0.15, 0.2) is 0 Å². The lowest BCUT2D eigenvalue weighted by molar-refractivity contribution is 0.167. The quantitative estimate of drug-likeness (QED) is 0.515. The SMILES string of the molecule is Cn1ccnc1C[O]. The summed E-state index contributed by atoms with van der Waals surface area (Å²) in [5, 5.41) is 10.1. The van der Waals surface area contributed by atoms with Crippen LogP contribution in [0.15, 0.2) is 12.4 Å². The van der Waals surface area contributed by atoms with Gasteiger partial charge >= 0.3 is 0 Å². The number of rotatable bonds is 1. The van der Waals surface area contributed by atoms with Crippen LogP contribution < -0.4 is 0 Å². The Labute approximate surface area is 47.6 Å². The molecule has 0 aromatic carbocycles. The topological polar surface area (TPSA) is 37.7 Å². The number of aryl methyl sites for hydroxylation is 1. The van der Waals surface area contributed by atoms with Crippen LogP contribution in [0.1, 0.15) is 5.82 Å². The van der Waals surface area contributed by atoms with Crippen molar-refractivity contribution in [2.24, 2.45) is 7.05 Å². The van der Waals surface area contributed by atoms with E-state index in [1.807, 2.05) is 0 Å². The molecule has 0 N–H and O–H groups in total. The summed E-state index contributed by atoms with van der Waals surface area (Å²) < 4.78 is 1.72. The molecule has 0 aliphatic heterocycles. The van der Waals surface area contributed by atoms with Gasteiger partial charge in [-0.3, -0.25) is 0 Å². The van der Waals surface area contributed by atoms with E-state index >= 15 is 0 Å². The maximum atomic E-state index is 10.1. The Kier molecular flexibility index (Phi) is 1.30. The second-order valence-electron chi connectivity index (χ2n) is 1.60. The Morgan fingerprint density at radius 1 is 1.88 bits per heavy atom. The van der Waals surface area contributed by atoms with Gasteiger partial charge in [-0.2, -0.15) is 0 Å². The van der Waals surface area contributed by atoms with Gasteiger partial charge in [-0.1, -0.05) is 0 Å². The van der Waals surface area contributed by atoms with Gasteiger partial charge in [-0.15, -0.1) is 0 Å². The lowest BCUT2D eigenvalue weighted by Crippen LogP contribution is -1.94. The van der Waals surface area contributed by atoms with E-state index in [1.54, 1.807) is 24.0 Å². The van der Waals surface area contributed by atoms with Crippen molar-refractivity contribution in [2.45, 2.75) is 6.61 Å². The van der Waals surface area contributed by atoms with Crippen LogP contribution >= 0.6 is 0 Å². The third kappa shape index (κ3) is 0.721. The maximum Gasteiger partial charge on any atom is 0.140 e. The van der Waals surface area contributed by atoms with Gasteiger partial charge in [0.1, 0.15) is 12.4 Å². The van der Waals surface area contributed by atoms with Crippen LogP contribution in [0.25, 0.3) is 0 Å². The molecule has 0 saturated heterocycles. The van der Waals surface area contributed by atoms with E-state index in [0.717, 1.165) is 0 Å². The van der Waals surface area contributed by atoms with Gasteiger partial charge in [0.25, 0.3) is 0 Å². The summed E-state index contributed by atoms with van der Waals surface area (Å²) in [7, 11) is 1.81. The largest absolute Gasteiger partial charge is 0.336 e. The van der Waals surface area contributed by atoms with Gasteiger partial charge in [0, 0.05) is 19.4 Å². The highest BCUT2D eigenvalue weighted by atomic mass is 16.3. The summed E-state index contributed by atoms with van der Waals surface area (Å²) in [4.78, 5) is 3.78. The molecule has 0 spiro atoms. The Balaban J connectivity index is 2.92. The Hall–Kier alpha value is -0.830. The normalized spacial score (nSPS) is 9.75. The number of nitrogens with zero attached hydrogens (tertiary/aromatic N) is 2. The summed E-state index contributed by atoms with van der Waals surface area (Å²) >= 11 is 0. The lowest BCUT2D eigenvalue weighted by Gasteiger charge is -1.90. The van der Waals surface area contributed by atoms with Gasteiger partial charge < -0.3 is 4.57 Å². The average molecular weight is 111 g/mol. The van der Waals surface area contributed by atoms with E-state index in [-0.39, 0.29) is 6.61 Å². The van der Waals surface area contributed by atoms with Crippen LogP contribution in [-0.4, -0.2) is 9.55 Å².